The first kappa shape index (κ1) is 13.0. The molecule has 0 aliphatic heterocycles. The van der Waals surface area contributed by atoms with Crippen molar-refractivity contribution in [3.05, 3.63) is 94.6 Å². The molecule has 0 saturated heterocycles. The average Bonchev–Trinajstić information content (AvgIpc) is 2.46. The molecule has 2 rings (SSSR count). The number of hydrogen-bond acceptors (Lipinski definition) is 2. The van der Waals surface area contributed by atoms with Crippen LogP contribution in [0.5, 0.6) is 0 Å². The molecule has 96 valence electrons. The van der Waals surface area contributed by atoms with Gasteiger partial charge in [0.1, 0.15) is 5.41 Å². The summed E-state index contributed by atoms with van der Waals surface area (Å²) in [5.41, 5.74) is 0.979. The maximum absolute atomic E-state index is 11.1. The van der Waals surface area contributed by atoms with E-state index in [0.717, 1.165) is 11.1 Å². The smallest absolute Gasteiger partial charge is 0.220 e. The number of nitrogens with zero attached hydrogens (tertiary/aromatic N) is 1. The molecule has 0 aliphatic carbocycles. The molecule has 0 aliphatic rings. The lowest BCUT2D eigenvalue weighted by molar-refractivity contribution is -0.486. The van der Waals surface area contributed by atoms with E-state index in [0.29, 0.717) is 0 Å². The van der Waals surface area contributed by atoms with Crippen LogP contribution in [-0.2, 0) is 5.41 Å². The second-order valence-corrected chi connectivity index (χ2v) is 4.40. The van der Waals surface area contributed by atoms with E-state index in [4.69, 9.17) is 0 Å². The van der Waals surface area contributed by atoms with Crippen molar-refractivity contribution in [2.75, 3.05) is 6.54 Å². The Hall–Kier alpha value is -2.42. The molecule has 0 heterocycles. The number of rotatable bonds is 5. The molecule has 0 atom stereocenters. The topological polar surface area (TPSA) is 43.1 Å². The van der Waals surface area contributed by atoms with E-state index >= 15 is 0 Å². The second kappa shape index (κ2) is 5.48. The van der Waals surface area contributed by atoms with E-state index in [1.807, 2.05) is 60.7 Å². The van der Waals surface area contributed by atoms with E-state index in [9.17, 15) is 10.1 Å². The first-order valence-corrected chi connectivity index (χ1v) is 6.05. The molecule has 2 aromatic carbocycles. The molecular weight excluding hydrogens is 238 g/mol. The Bertz CT molecular complexity index is 524. The SMILES string of the molecule is C=CC(C[N+](=O)[O-])(c1ccccc1)c1ccccc1. The van der Waals surface area contributed by atoms with Gasteiger partial charge >= 0.3 is 0 Å². The maximum Gasteiger partial charge on any atom is 0.220 e. The van der Waals surface area contributed by atoms with Gasteiger partial charge in [0.05, 0.1) is 0 Å². The third-order valence-electron chi connectivity index (χ3n) is 3.30. The summed E-state index contributed by atoms with van der Waals surface area (Å²) in [4.78, 5) is 10.8. The fraction of sp³-hybridized carbons (Fsp3) is 0.125. The van der Waals surface area contributed by atoms with Crippen LogP contribution in [0.3, 0.4) is 0 Å². The number of nitro groups is 1. The summed E-state index contributed by atoms with van der Waals surface area (Å²) in [6.45, 7) is 3.63. The second-order valence-electron chi connectivity index (χ2n) is 4.40. The van der Waals surface area contributed by atoms with Gasteiger partial charge in [-0.1, -0.05) is 66.7 Å². The molecule has 3 nitrogen and oxygen atoms in total. The minimum atomic E-state index is -0.786. The van der Waals surface area contributed by atoms with Crippen molar-refractivity contribution in [3.8, 4) is 0 Å². The van der Waals surface area contributed by atoms with Gasteiger partial charge in [-0.3, -0.25) is 10.1 Å². The quantitative estimate of drug-likeness (QED) is 0.465. The summed E-state index contributed by atoms with van der Waals surface area (Å²) in [5.74, 6) is 0. The zero-order valence-corrected chi connectivity index (χ0v) is 10.5. The minimum absolute atomic E-state index is 0.204. The lowest BCUT2D eigenvalue weighted by Gasteiger charge is -2.27. The van der Waals surface area contributed by atoms with Crippen LogP contribution in [0.2, 0.25) is 0 Å². The van der Waals surface area contributed by atoms with Crippen LogP contribution in [0.25, 0.3) is 0 Å². The first-order valence-electron chi connectivity index (χ1n) is 6.05. The van der Waals surface area contributed by atoms with Gasteiger partial charge in [0.25, 0.3) is 0 Å². The third-order valence-corrected chi connectivity index (χ3v) is 3.30. The fourth-order valence-electron chi connectivity index (χ4n) is 2.32. The minimum Gasteiger partial charge on any atom is -0.264 e. The van der Waals surface area contributed by atoms with Gasteiger partial charge in [0.15, 0.2) is 0 Å². The highest BCUT2D eigenvalue weighted by atomic mass is 16.6. The van der Waals surface area contributed by atoms with Crippen molar-refractivity contribution in [1.82, 2.24) is 0 Å². The van der Waals surface area contributed by atoms with Crippen LogP contribution in [0, 0.1) is 10.1 Å². The highest BCUT2D eigenvalue weighted by molar-refractivity contribution is 5.44. The molecule has 0 radical (unpaired) electrons. The Morgan fingerprint density at radius 1 is 1.00 bits per heavy atom. The molecule has 0 bridgehead atoms. The molecule has 0 saturated carbocycles. The van der Waals surface area contributed by atoms with Gasteiger partial charge in [-0.2, -0.15) is 0 Å². The van der Waals surface area contributed by atoms with Crippen LogP contribution in [-0.4, -0.2) is 11.5 Å². The van der Waals surface area contributed by atoms with Crippen molar-refractivity contribution in [2.24, 2.45) is 0 Å². The van der Waals surface area contributed by atoms with Crippen molar-refractivity contribution in [1.29, 1.82) is 0 Å². The lowest BCUT2D eigenvalue weighted by Crippen LogP contribution is -2.33. The van der Waals surface area contributed by atoms with Crippen LogP contribution in [0.1, 0.15) is 11.1 Å². The average molecular weight is 253 g/mol. The molecule has 0 aromatic heterocycles. The van der Waals surface area contributed by atoms with Crippen molar-refractivity contribution in [2.45, 2.75) is 5.41 Å². The Morgan fingerprint density at radius 2 is 1.42 bits per heavy atom. The van der Waals surface area contributed by atoms with E-state index in [2.05, 4.69) is 6.58 Å². The molecule has 0 unspecified atom stereocenters. The van der Waals surface area contributed by atoms with Gasteiger partial charge in [0.2, 0.25) is 6.54 Å². The molecule has 19 heavy (non-hydrogen) atoms. The van der Waals surface area contributed by atoms with Crippen LogP contribution in [0.15, 0.2) is 73.3 Å². The summed E-state index contributed by atoms with van der Waals surface area (Å²) < 4.78 is 0. The fourth-order valence-corrected chi connectivity index (χ4v) is 2.32. The lowest BCUT2D eigenvalue weighted by atomic mass is 9.74. The zero-order valence-electron chi connectivity index (χ0n) is 10.5. The zero-order chi connectivity index (χ0) is 13.7. The molecule has 0 fully saturated rings. The Morgan fingerprint density at radius 3 is 1.74 bits per heavy atom. The van der Waals surface area contributed by atoms with Gasteiger partial charge in [0, 0.05) is 4.92 Å². The summed E-state index contributed by atoms with van der Waals surface area (Å²) in [6, 6.07) is 18.9. The monoisotopic (exact) mass is 253 g/mol. The Labute approximate surface area is 112 Å². The molecule has 0 spiro atoms. The maximum atomic E-state index is 11.1. The predicted octanol–water partition coefficient (Wildman–Crippen LogP) is 3.44. The molecule has 3 heteroatoms. The van der Waals surface area contributed by atoms with Gasteiger partial charge < -0.3 is 0 Å². The summed E-state index contributed by atoms with van der Waals surface area (Å²) >= 11 is 0. The first-order chi connectivity index (χ1) is 9.19. The van der Waals surface area contributed by atoms with E-state index in [1.54, 1.807) is 6.08 Å². The van der Waals surface area contributed by atoms with Crippen molar-refractivity contribution < 1.29 is 4.92 Å². The van der Waals surface area contributed by atoms with Crippen LogP contribution < -0.4 is 0 Å². The standard InChI is InChI=1S/C16H15NO2/c1-2-16(13-17(18)19,14-9-5-3-6-10-14)15-11-7-4-8-12-15/h2-12H,1,13H2. The highest BCUT2D eigenvalue weighted by Gasteiger charge is 2.36. The highest BCUT2D eigenvalue weighted by Crippen LogP contribution is 2.33. The van der Waals surface area contributed by atoms with Gasteiger partial charge in [-0.05, 0) is 11.1 Å². The van der Waals surface area contributed by atoms with Gasteiger partial charge in [-0.25, -0.2) is 0 Å². The summed E-state index contributed by atoms with van der Waals surface area (Å²) in [7, 11) is 0. The van der Waals surface area contributed by atoms with Crippen molar-refractivity contribution in [3.63, 3.8) is 0 Å². The predicted molar refractivity (Wildman–Crippen MR) is 75.7 cm³/mol. The molecular formula is C16H15NO2. The Balaban J connectivity index is 2.61. The normalized spacial score (nSPS) is 10.9. The third kappa shape index (κ3) is 2.55. The molecule has 0 N–H and O–H groups in total. The van der Waals surface area contributed by atoms with E-state index < -0.39 is 5.41 Å². The largest absolute Gasteiger partial charge is 0.264 e. The summed E-state index contributed by atoms with van der Waals surface area (Å²) in [6.07, 6.45) is 1.67. The Kier molecular flexibility index (Phi) is 3.76. The van der Waals surface area contributed by atoms with Crippen LogP contribution in [0.4, 0.5) is 0 Å². The van der Waals surface area contributed by atoms with Crippen molar-refractivity contribution >= 4 is 0 Å². The number of hydrogen-bond donors (Lipinski definition) is 0. The van der Waals surface area contributed by atoms with Crippen LogP contribution >= 0.6 is 0 Å². The summed E-state index contributed by atoms with van der Waals surface area (Å²) in [5, 5.41) is 11.1. The van der Waals surface area contributed by atoms with E-state index in [-0.39, 0.29) is 11.5 Å². The van der Waals surface area contributed by atoms with Gasteiger partial charge in [-0.15, -0.1) is 6.58 Å². The number of benzene rings is 2. The van der Waals surface area contributed by atoms with E-state index in [1.165, 1.54) is 0 Å². The molecule has 0 amide bonds. The molecule has 2 aromatic rings.